The van der Waals surface area contributed by atoms with E-state index in [-0.39, 0.29) is 18.1 Å². The van der Waals surface area contributed by atoms with Gasteiger partial charge in [0, 0.05) is 14.1 Å². The highest BCUT2D eigenvalue weighted by molar-refractivity contribution is 5.97. The van der Waals surface area contributed by atoms with E-state index >= 15 is 0 Å². The zero-order valence-electron chi connectivity index (χ0n) is 15.7. The number of likely N-dealkylation sites (N-methyl/N-ethyl adjacent to an activating group) is 1. The van der Waals surface area contributed by atoms with Crippen molar-refractivity contribution in [2.45, 2.75) is 26.9 Å². The third-order valence-electron chi connectivity index (χ3n) is 3.29. The van der Waals surface area contributed by atoms with Crippen LogP contribution >= 0.6 is 0 Å². The number of hydrogen-bond donors (Lipinski definition) is 0. The summed E-state index contributed by atoms with van der Waals surface area (Å²) in [5.74, 6) is -0.0360. The van der Waals surface area contributed by atoms with E-state index in [4.69, 9.17) is 19.5 Å². The number of ether oxygens (including phenoxy) is 3. The number of rotatable bonds is 8. The Morgan fingerprint density at radius 1 is 1.23 bits per heavy atom. The van der Waals surface area contributed by atoms with E-state index < -0.39 is 12.1 Å². The Bertz CT molecular complexity index is 719. The molecule has 1 aromatic carbocycles. The molecule has 0 bridgehead atoms. The minimum atomic E-state index is -0.682. The molecule has 0 saturated heterocycles. The largest absolute Gasteiger partial charge is 0.490 e. The normalized spacial score (nSPS) is 11.9. The van der Waals surface area contributed by atoms with E-state index in [9.17, 15) is 9.59 Å². The van der Waals surface area contributed by atoms with Crippen molar-refractivity contribution in [2.75, 3.05) is 27.3 Å². The van der Waals surface area contributed by atoms with Crippen molar-refractivity contribution in [3.8, 4) is 17.6 Å². The lowest BCUT2D eigenvalue weighted by atomic mass is 10.1. The van der Waals surface area contributed by atoms with Crippen molar-refractivity contribution in [2.24, 2.45) is 0 Å². The average molecular weight is 360 g/mol. The lowest BCUT2D eigenvalue weighted by Gasteiger charge is -2.20. The zero-order chi connectivity index (χ0) is 19.7. The maximum atomic E-state index is 12.0. The van der Waals surface area contributed by atoms with Gasteiger partial charge in [-0.1, -0.05) is 6.07 Å². The van der Waals surface area contributed by atoms with Gasteiger partial charge in [-0.15, -0.1) is 0 Å². The first-order valence-electron chi connectivity index (χ1n) is 8.27. The molecule has 7 nitrogen and oxygen atoms in total. The molecule has 0 aliphatic heterocycles. The van der Waals surface area contributed by atoms with Crippen molar-refractivity contribution < 1.29 is 23.8 Å². The maximum absolute atomic E-state index is 12.0. The number of hydrogen-bond acceptors (Lipinski definition) is 6. The minimum absolute atomic E-state index is 0.112. The Labute approximate surface area is 153 Å². The van der Waals surface area contributed by atoms with E-state index in [0.717, 1.165) is 0 Å². The fraction of sp³-hybridized carbons (Fsp3) is 0.421. The number of esters is 1. The lowest BCUT2D eigenvalue weighted by Crippen LogP contribution is -2.35. The highest BCUT2D eigenvalue weighted by atomic mass is 16.5. The van der Waals surface area contributed by atoms with E-state index in [1.54, 1.807) is 46.1 Å². The van der Waals surface area contributed by atoms with E-state index in [2.05, 4.69) is 0 Å². The molecule has 0 radical (unpaired) electrons. The van der Waals surface area contributed by atoms with E-state index in [1.807, 2.05) is 13.0 Å². The smallest absolute Gasteiger partial charge is 0.348 e. The fourth-order valence-electron chi connectivity index (χ4n) is 2.10. The quantitative estimate of drug-likeness (QED) is 0.402. The van der Waals surface area contributed by atoms with E-state index in [1.165, 1.54) is 11.0 Å². The first-order valence-corrected chi connectivity index (χ1v) is 8.27. The summed E-state index contributed by atoms with van der Waals surface area (Å²) in [4.78, 5) is 25.1. The Balaban J connectivity index is 3.14. The monoisotopic (exact) mass is 360 g/mol. The number of benzene rings is 1. The first kappa shape index (κ1) is 21.0. The third kappa shape index (κ3) is 5.81. The minimum Gasteiger partial charge on any atom is -0.490 e. The molecule has 26 heavy (non-hydrogen) atoms. The third-order valence-corrected chi connectivity index (χ3v) is 3.29. The van der Waals surface area contributed by atoms with Crippen LogP contribution in [0.3, 0.4) is 0 Å². The Kier molecular flexibility index (Phi) is 8.16. The van der Waals surface area contributed by atoms with Crippen LogP contribution in [0.1, 0.15) is 26.3 Å². The second kappa shape index (κ2) is 10.1. The molecule has 0 heterocycles. The van der Waals surface area contributed by atoms with Crippen LogP contribution in [0.2, 0.25) is 0 Å². The molecule has 0 saturated carbocycles. The molecule has 1 atom stereocenters. The summed E-state index contributed by atoms with van der Waals surface area (Å²) in [7, 11) is 3.30. The number of nitrogens with zero attached hydrogens (tertiary/aromatic N) is 2. The molecular weight excluding hydrogens is 336 g/mol. The summed E-state index contributed by atoms with van der Waals surface area (Å²) in [5, 5.41) is 9.13. The second-order valence-electron chi connectivity index (χ2n) is 5.52. The van der Waals surface area contributed by atoms with Gasteiger partial charge in [0.05, 0.1) is 13.2 Å². The van der Waals surface area contributed by atoms with Gasteiger partial charge in [0.1, 0.15) is 11.6 Å². The molecule has 0 aliphatic rings. The van der Waals surface area contributed by atoms with Crippen LogP contribution in [0, 0.1) is 11.3 Å². The summed E-state index contributed by atoms with van der Waals surface area (Å²) in [5.41, 5.74) is 0.469. The summed E-state index contributed by atoms with van der Waals surface area (Å²) in [6, 6.07) is 6.77. The maximum Gasteiger partial charge on any atom is 0.348 e. The van der Waals surface area contributed by atoms with Gasteiger partial charge in [-0.25, -0.2) is 4.79 Å². The van der Waals surface area contributed by atoms with Crippen LogP contribution in [0.4, 0.5) is 0 Å². The summed E-state index contributed by atoms with van der Waals surface area (Å²) in [6.45, 7) is 5.72. The van der Waals surface area contributed by atoms with Gasteiger partial charge in [-0.05, 0) is 44.5 Å². The SMILES string of the molecule is CCOC(=O)C(C#N)=Cc1ccc(OC(C)C(=O)N(C)C)c(OCC)c1. The van der Waals surface area contributed by atoms with Crippen LogP contribution in [0.15, 0.2) is 23.8 Å². The van der Waals surface area contributed by atoms with E-state index in [0.29, 0.717) is 23.7 Å². The standard InChI is InChI=1S/C19H24N2O5/c1-6-24-17-11-14(10-15(12-20)19(23)25-7-2)8-9-16(17)26-13(3)18(22)21(4)5/h8-11,13H,6-7H2,1-5H3. The predicted molar refractivity (Wildman–Crippen MR) is 96.6 cm³/mol. The molecule has 0 N–H and O–H groups in total. The second-order valence-corrected chi connectivity index (χ2v) is 5.52. The molecule has 0 spiro atoms. The van der Waals surface area contributed by atoms with Crippen LogP contribution < -0.4 is 9.47 Å². The predicted octanol–water partition coefficient (Wildman–Crippen LogP) is 2.41. The topological polar surface area (TPSA) is 88.9 Å². The molecule has 1 rings (SSSR count). The molecule has 0 aromatic heterocycles. The molecule has 140 valence electrons. The highest BCUT2D eigenvalue weighted by Crippen LogP contribution is 2.30. The molecule has 1 unspecified atom stereocenters. The van der Waals surface area contributed by atoms with Crippen molar-refractivity contribution >= 4 is 18.0 Å². The molecular formula is C19H24N2O5. The zero-order valence-corrected chi connectivity index (χ0v) is 15.7. The number of carbonyl (C=O) groups is 2. The molecule has 7 heteroatoms. The Morgan fingerprint density at radius 2 is 1.92 bits per heavy atom. The number of carbonyl (C=O) groups excluding carboxylic acids is 2. The van der Waals surface area contributed by atoms with Crippen LogP contribution in [-0.2, 0) is 14.3 Å². The van der Waals surface area contributed by atoms with Crippen LogP contribution in [0.25, 0.3) is 6.08 Å². The van der Waals surface area contributed by atoms with Gasteiger partial charge < -0.3 is 19.1 Å². The van der Waals surface area contributed by atoms with Crippen molar-refractivity contribution in [1.82, 2.24) is 4.90 Å². The number of amides is 1. The summed E-state index contributed by atoms with van der Waals surface area (Å²) in [6.07, 6.45) is 0.735. The van der Waals surface area contributed by atoms with Gasteiger partial charge in [-0.3, -0.25) is 4.79 Å². The van der Waals surface area contributed by atoms with Gasteiger partial charge in [-0.2, -0.15) is 5.26 Å². The Morgan fingerprint density at radius 3 is 2.46 bits per heavy atom. The Hall–Kier alpha value is -3.01. The summed E-state index contributed by atoms with van der Waals surface area (Å²) < 4.78 is 16.1. The van der Waals surface area contributed by atoms with Gasteiger partial charge in [0.25, 0.3) is 5.91 Å². The summed E-state index contributed by atoms with van der Waals surface area (Å²) >= 11 is 0. The highest BCUT2D eigenvalue weighted by Gasteiger charge is 2.19. The number of nitriles is 1. The van der Waals surface area contributed by atoms with Gasteiger partial charge in [0.2, 0.25) is 0 Å². The van der Waals surface area contributed by atoms with Gasteiger partial charge >= 0.3 is 5.97 Å². The lowest BCUT2D eigenvalue weighted by molar-refractivity contribution is -0.138. The molecule has 0 fully saturated rings. The molecule has 0 aliphatic carbocycles. The van der Waals surface area contributed by atoms with Crippen molar-refractivity contribution in [3.05, 3.63) is 29.3 Å². The molecule has 1 amide bonds. The van der Waals surface area contributed by atoms with Crippen molar-refractivity contribution in [3.63, 3.8) is 0 Å². The average Bonchev–Trinajstić information content (AvgIpc) is 2.61. The van der Waals surface area contributed by atoms with Gasteiger partial charge in [0.15, 0.2) is 17.6 Å². The van der Waals surface area contributed by atoms with Crippen LogP contribution in [-0.4, -0.2) is 50.2 Å². The van der Waals surface area contributed by atoms with Crippen molar-refractivity contribution in [1.29, 1.82) is 5.26 Å². The fourth-order valence-corrected chi connectivity index (χ4v) is 2.10. The first-order chi connectivity index (χ1) is 12.3. The van der Waals surface area contributed by atoms with Crippen LogP contribution in [0.5, 0.6) is 11.5 Å². The molecule has 1 aromatic rings.